The number of para-hydroxylation sites is 2. The summed E-state index contributed by atoms with van der Waals surface area (Å²) in [4.78, 5) is 23.0. The van der Waals surface area contributed by atoms with Crippen LogP contribution in [0, 0.1) is 12.3 Å². The van der Waals surface area contributed by atoms with Gasteiger partial charge in [0.25, 0.3) is 0 Å². The largest absolute Gasteiger partial charge is 0.420 e. The van der Waals surface area contributed by atoms with E-state index in [1.165, 1.54) is 4.57 Å². The number of carbonyl (C=O) groups excluding carboxylic acids is 1. The number of aromatic nitrogens is 1. The second-order valence-electron chi connectivity index (χ2n) is 3.40. The number of rotatable bonds is 3. The summed E-state index contributed by atoms with van der Waals surface area (Å²) in [5.74, 6) is 1.41. The predicted molar refractivity (Wildman–Crippen MR) is 62.3 cm³/mol. The highest BCUT2D eigenvalue weighted by atomic mass is 16.4. The first kappa shape index (κ1) is 11.0. The van der Waals surface area contributed by atoms with E-state index in [2.05, 4.69) is 11.2 Å². The molecular formula is C12H10N2O3. The first-order valence-corrected chi connectivity index (χ1v) is 5.01. The third-order valence-corrected chi connectivity index (χ3v) is 2.26. The highest BCUT2D eigenvalue weighted by molar-refractivity contribution is 5.79. The van der Waals surface area contributed by atoms with Gasteiger partial charge < -0.3 is 9.73 Å². The molecule has 1 amide bonds. The number of terminal acetylenes is 1. The number of hydrogen-bond donors (Lipinski definition) is 1. The molecule has 2 rings (SSSR count). The minimum Gasteiger partial charge on any atom is -0.408 e. The summed E-state index contributed by atoms with van der Waals surface area (Å²) in [6.45, 7) is 0.0426. The maximum atomic E-state index is 11.5. The van der Waals surface area contributed by atoms with Crippen molar-refractivity contribution in [3.63, 3.8) is 0 Å². The highest BCUT2D eigenvalue weighted by Crippen LogP contribution is 2.11. The van der Waals surface area contributed by atoms with Gasteiger partial charge in [-0.25, -0.2) is 4.79 Å². The van der Waals surface area contributed by atoms with Crippen LogP contribution in [0.15, 0.2) is 33.5 Å². The van der Waals surface area contributed by atoms with Crippen LogP contribution < -0.4 is 11.1 Å². The molecule has 0 aliphatic carbocycles. The second-order valence-corrected chi connectivity index (χ2v) is 3.40. The van der Waals surface area contributed by atoms with E-state index in [1.807, 2.05) is 0 Å². The summed E-state index contributed by atoms with van der Waals surface area (Å²) in [5.41, 5.74) is 1.05. The average Bonchev–Trinajstić information content (AvgIpc) is 2.64. The molecule has 0 spiro atoms. The number of amides is 1. The van der Waals surface area contributed by atoms with Gasteiger partial charge in [0.2, 0.25) is 5.91 Å². The molecule has 0 fully saturated rings. The molecule has 0 saturated carbocycles. The molecule has 86 valence electrons. The van der Waals surface area contributed by atoms with Crippen LogP contribution in [-0.4, -0.2) is 17.0 Å². The minimum absolute atomic E-state index is 0.0997. The Kier molecular flexibility index (Phi) is 2.97. The number of oxazole rings is 1. The molecule has 1 aromatic heterocycles. The van der Waals surface area contributed by atoms with E-state index in [9.17, 15) is 9.59 Å². The van der Waals surface area contributed by atoms with Gasteiger partial charge in [-0.15, -0.1) is 6.42 Å². The SMILES string of the molecule is C#CCNC(=O)Cn1c(=O)oc2ccccc21. The summed E-state index contributed by atoms with van der Waals surface area (Å²) in [7, 11) is 0. The van der Waals surface area contributed by atoms with Gasteiger partial charge in [-0.3, -0.25) is 9.36 Å². The number of hydrogen-bond acceptors (Lipinski definition) is 3. The lowest BCUT2D eigenvalue weighted by molar-refractivity contribution is -0.121. The predicted octanol–water partition coefficient (Wildman–Crippen LogP) is 0.344. The van der Waals surface area contributed by atoms with Crippen LogP contribution in [0.25, 0.3) is 11.1 Å². The minimum atomic E-state index is -0.554. The first-order valence-electron chi connectivity index (χ1n) is 5.01. The van der Waals surface area contributed by atoms with Crippen molar-refractivity contribution < 1.29 is 9.21 Å². The van der Waals surface area contributed by atoms with Crippen molar-refractivity contribution in [2.24, 2.45) is 0 Å². The van der Waals surface area contributed by atoms with E-state index in [0.29, 0.717) is 11.1 Å². The van der Waals surface area contributed by atoms with Gasteiger partial charge in [0.15, 0.2) is 5.58 Å². The molecule has 1 aromatic carbocycles. The van der Waals surface area contributed by atoms with Gasteiger partial charge in [-0.2, -0.15) is 0 Å². The topological polar surface area (TPSA) is 64.2 Å². The number of benzene rings is 1. The Morgan fingerprint density at radius 1 is 1.47 bits per heavy atom. The Labute approximate surface area is 97.0 Å². The number of nitrogens with zero attached hydrogens (tertiary/aromatic N) is 1. The Hall–Kier alpha value is -2.48. The Morgan fingerprint density at radius 2 is 2.24 bits per heavy atom. The lowest BCUT2D eigenvalue weighted by Gasteiger charge is -2.01. The molecule has 0 bridgehead atoms. The van der Waals surface area contributed by atoms with Crippen LogP contribution in [0.5, 0.6) is 0 Å². The van der Waals surface area contributed by atoms with Crippen LogP contribution in [-0.2, 0) is 11.3 Å². The average molecular weight is 230 g/mol. The van der Waals surface area contributed by atoms with Gasteiger partial charge in [-0.05, 0) is 12.1 Å². The van der Waals surface area contributed by atoms with Crippen molar-refractivity contribution in [1.29, 1.82) is 0 Å². The van der Waals surface area contributed by atoms with E-state index >= 15 is 0 Å². The lowest BCUT2D eigenvalue weighted by Crippen LogP contribution is -2.30. The molecule has 0 aliphatic heterocycles. The van der Waals surface area contributed by atoms with Crippen LogP contribution in [0.3, 0.4) is 0 Å². The molecule has 0 aliphatic rings. The lowest BCUT2D eigenvalue weighted by atomic mass is 10.3. The van der Waals surface area contributed by atoms with Crippen LogP contribution >= 0.6 is 0 Å². The monoisotopic (exact) mass is 230 g/mol. The maximum absolute atomic E-state index is 11.5. The summed E-state index contributed by atoms with van der Waals surface area (Å²) in [5, 5.41) is 2.49. The van der Waals surface area contributed by atoms with Crippen LogP contribution in [0.4, 0.5) is 0 Å². The molecular weight excluding hydrogens is 220 g/mol. The first-order chi connectivity index (χ1) is 8.22. The van der Waals surface area contributed by atoms with Gasteiger partial charge in [0, 0.05) is 0 Å². The van der Waals surface area contributed by atoms with Crippen molar-refractivity contribution in [3.8, 4) is 12.3 Å². The molecule has 0 saturated heterocycles. The van der Waals surface area contributed by atoms with E-state index in [4.69, 9.17) is 10.8 Å². The molecule has 1 heterocycles. The zero-order valence-corrected chi connectivity index (χ0v) is 8.97. The van der Waals surface area contributed by atoms with Crippen molar-refractivity contribution in [2.45, 2.75) is 6.54 Å². The van der Waals surface area contributed by atoms with Crippen LogP contribution in [0.1, 0.15) is 0 Å². The summed E-state index contributed by atoms with van der Waals surface area (Å²) in [6.07, 6.45) is 5.02. The number of fused-ring (bicyclic) bond motifs is 1. The smallest absolute Gasteiger partial charge is 0.408 e. The third kappa shape index (κ3) is 2.21. The number of carbonyl (C=O) groups is 1. The normalized spacial score (nSPS) is 10.1. The van der Waals surface area contributed by atoms with E-state index < -0.39 is 5.76 Å². The molecule has 17 heavy (non-hydrogen) atoms. The molecule has 5 heteroatoms. The zero-order valence-electron chi connectivity index (χ0n) is 8.97. The molecule has 0 atom stereocenters. The van der Waals surface area contributed by atoms with Gasteiger partial charge in [0.1, 0.15) is 6.54 Å². The van der Waals surface area contributed by atoms with Crippen molar-refractivity contribution in [3.05, 3.63) is 34.8 Å². The second kappa shape index (κ2) is 4.58. The van der Waals surface area contributed by atoms with Crippen molar-refractivity contribution >= 4 is 17.0 Å². The van der Waals surface area contributed by atoms with Crippen LogP contribution in [0.2, 0.25) is 0 Å². The van der Waals surface area contributed by atoms with E-state index in [1.54, 1.807) is 24.3 Å². The molecule has 1 N–H and O–H groups in total. The van der Waals surface area contributed by atoms with Gasteiger partial charge in [0.05, 0.1) is 12.1 Å². The Bertz CT molecular complexity index is 646. The molecule has 2 aromatic rings. The number of nitrogens with one attached hydrogen (secondary N) is 1. The summed E-state index contributed by atoms with van der Waals surface area (Å²) < 4.78 is 6.26. The maximum Gasteiger partial charge on any atom is 0.420 e. The standard InChI is InChI=1S/C12H10N2O3/c1-2-7-13-11(15)8-14-9-5-3-4-6-10(9)17-12(14)16/h1,3-6H,7-8H2,(H,13,15). The summed E-state index contributed by atoms with van der Waals surface area (Å²) in [6, 6.07) is 6.92. The zero-order chi connectivity index (χ0) is 12.3. The van der Waals surface area contributed by atoms with Crippen molar-refractivity contribution in [1.82, 2.24) is 9.88 Å². The van der Waals surface area contributed by atoms with Gasteiger partial charge >= 0.3 is 5.76 Å². The van der Waals surface area contributed by atoms with Crippen molar-refractivity contribution in [2.75, 3.05) is 6.54 Å². The Balaban J connectivity index is 2.30. The fourth-order valence-corrected chi connectivity index (χ4v) is 1.51. The van der Waals surface area contributed by atoms with Gasteiger partial charge in [-0.1, -0.05) is 18.1 Å². The Morgan fingerprint density at radius 3 is 3.00 bits per heavy atom. The summed E-state index contributed by atoms with van der Waals surface area (Å²) >= 11 is 0. The molecule has 0 radical (unpaired) electrons. The highest BCUT2D eigenvalue weighted by Gasteiger charge is 2.11. The molecule has 5 nitrogen and oxygen atoms in total. The van der Waals surface area contributed by atoms with E-state index in [0.717, 1.165) is 0 Å². The molecule has 0 unspecified atom stereocenters. The fourth-order valence-electron chi connectivity index (χ4n) is 1.51. The van der Waals surface area contributed by atoms with E-state index in [-0.39, 0.29) is 19.0 Å². The fraction of sp³-hybridized carbons (Fsp3) is 0.167. The third-order valence-electron chi connectivity index (χ3n) is 2.26. The quantitative estimate of drug-likeness (QED) is 0.773.